The summed E-state index contributed by atoms with van der Waals surface area (Å²) in [6, 6.07) is 5.10. The third-order valence-corrected chi connectivity index (χ3v) is 3.70. The summed E-state index contributed by atoms with van der Waals surface area (Å²) in [7, 11) is 0. The Kier molecular flexibility index (Phi) is 4.33. The highest BCUT2D eigenvalue weighted by Crippen LogP contribution is 2.40. The molecular weight excluding hydrogens is 308 g/mol. The van der Waals surface area contributed by atoms with Crippen LogP contribution in [0.1, 0.15) is 26.1 Å². The highest BCUT2D eigenvalue weighted by atomic mass is 16.7. The maximum Gasteiger partial charge on any atom is 0.319 e. The summed E-state index contributed by atoms with van der Waals surface area (Å²) in [5, 5.41) is 5.64. The second-order valence-electron chi connectivity index (χ2n) is 6.17. The minimum absolute atomic E-state index is 0.240. The zero-order chi connectivity index (χ0) is 17.2. The molecule has 7 heteroatoms. The van der Waals surface area contributed by atoms with E-state index in [1.54, 1.807) is 24.4 Å². The van der Waals surface area contributed by atoms with Crippen molar-refractivity contribution < 1.29 is 14.3 Å². The Labute approximate surface area is 141 Å². The van der Waals surface area contributed by atoms with E-state index in [1.807, 2.05) is 27.0 Å². The van der Waals surface area contributed by atoms with Gasteiger partial charge in [-0.15, -0.1) is 0 Å². The van der Waals surface area contributed by atoms with E-state index in [9.17, 15) is 4.79 Å². The van der Waals surface area contributed by atoms with Gasteiger partial charge in [0.05, 0.1) is 0 Å². The number of carbonyl (C=O) groups is 1. The quantitative estimate of drug-likeness (QED) is 0.826. The van der Waals surface area contributed by atoms with Crippen molar-refractivity contribution in [3.8, 4) is 11.5 Å². The van der Waals surface area contributed by atoms with Crippen LogP contribution in [0.2, 0.25) is 0 Å². The molecule has 0 saturated heterocycles. The van der Waals surface area contributed by atoms with Crippen LogP contribution in [0.4, 0.5) is 10.5 Å². The van der Waals surface area contributed by atoms with Crippen molar-refractivity contribution in [1.82, 2.24) is 14.9 Å². The first-order chi connectivity index (χ1) is 11.4. The monoisotopic (exact) mass is 330 g/mol. The number of nitrogens with zero attached hydrogens (tertiary/aromatic N) is 2. The van der Waals surface area contributed by atoms with E-state index in [0.29, 0.717) is 23.7 Å². The first-order valence-electron chi connectivity index (χ1n) is 7.98. The summed E-state index contributed by atoms with van der Waals surface area (Å²) in [5.74, 6) is 1.62. The van der Waals surface area contributed by atoms with Crippen molar-refractivity contribution in [2.45, 2.75) is 39.5 Å². The molecule has 1 aromatic carbocycles. The van der Waals surface area contributed by atoms with Crippen molar-refractivity contribution in [3.63, 3.8) is 0 Å². The average molecular weight is 330 g/mol. The molecule has 1 aliphatic rings. The third kappa shape index (κ3) is 3.79. The second-order valence-corrected chi connectivity index (χ2v) is 6.17. The molecule has 1 aromatic heterocycles. The van der Waals surface area contributed by atoms with E-state index < -0.39 is 5.79 Å². The molecule has 0 radical (unpaired) electrons. The molecule has 1 aliphatic heterocycles. The Morgan fingerprint density at radius 3 is 2.83 bits per heavy atom. The zero-order valence-corrected chi connectivity index (χ0v) is 14.1. The lowest BCUT2D eigenvalue weighted by Crippen LogP contribution is -2.30. The number of rotatable bonds is 5. The molecule has 0 unspecified atom stereocenters. The molecule has 2 amide bonds. The van der Waals surface area contributed by atoms with E-state index in [0.717, 1.165) is 18.8 Å². The summed E-state index contributed by atoms with van der Waals surface area (Å²) in [4.78, 5) is 16.1. The number of aromatic nitrogens is 2. The molecule has 0 atom stereocenters. The molecular formula is C17H22N4O3. The van der Waals surface area contributed by atoms with Crippen molar-refractivity contribution in [1.29, 1.82) is 0 Å². The number of anilines is 1. The number of hydrogen-bond acceptors (Lipinski definition) is 4. The number of carbonyl (C=O) groups excluding carboxylic acids is 1. The van der Waals surface area contributed by atoms with Crippen LogP contribution < -0.4 is 20.1 Å². The zero-order valence-electron chi connectivity index (χ0n) is 14.1. The SMILES string of the molecule is Cc1nccn1CCCNC(=O)Nc1ccc2c(c1)OC(C)(C)O2. The summed E-state index contributed by atoms with van der Waals surface area (Å²) in [5.41, 5.74) is 0.665. The van der Waals surface area contributed by atoms with Crippen LogP contribution in [0.25, 0.3) is 0 Å². The van der Waals surface area contributed by atoms with Gasteiger partial charge < -0.3 is 24.7 Å². The number of amides is 2. The minimum Gasteiger partial charge on any atom is -0.449 e. The normalized spacial score (nSPS) is 14.5. The fourth-order valence-electron chi connectivity index (χ4n) is 2.57. The molecule has 0 aliphatic carbocycles. The van der Waals surface area contributed by atoms with Gasteiger partial charge in [0, 0.05) is 51.1 Å². The van der Waals surface area contributed by atoms with Crippen LogP contribution in [0.15, 0.2) is 30.6 Å². The van der Waals surface area contributed by atoms with Gasteiger partial charge in [-0.05, 0) is 25.5 Å². The maximum atomic E-state index is 12.0. The summed E-state index contributed by atoms with van der Waals surface area (Å²) in [6.07, 6.45) is 4.54. The number of urea groups is 1. The van der Waals surface area contributed by atoms with Gasteiger partial charge >= 0.3 is 6.03 Å². The average Bonchev–Trinajstić information content (AvgIpc) is 3.04. The Hall–Kier alpha value is -2.70. The van der Waals surface area contributed by atoms with Gasteiger partial charge in [-0.1, -0.05) is 0 Å². The Bertz CT molecular complexity index is 739. The van der Waals surface area contributed by atoms with Crippen molar-refractivity contribution in [2.75, 3.05) is 11.9 Å². The smallest absolute Gasteiger partial charge is 0.319 e. The predicted octanol–water partition coefficient (Wildman–Crippen LogP) is 2.91. The molecule has 7 nitrogen and oxygen atoms in total. The van der Waals surface area contributed by atoms with E-state index in [4.69, 9.17) is 9.47 Å². The highest BCUT2D eigenvalue weighted by Gasteiger charge is 2.31. The molecule has 2 N–H and O–H groups in total. The lowest BCUT2D eigenvalue weighted by molar-refractivity contribution is -0.0431. The molecule has 0 bridgehead atoms. The number of aryl methyl sites for hydroxylation is 2. The van der Waals surface area contributed by atoms with Crippen LogP contribution in [0.3, 0.4) is 0 Å². The topological polar surface area (TPSA) is 77.4 Å². The van der Waals surface area contributed by atoms with E-state index >= 15 is 0 Å². The van der Waals surface area contributed by atoms with Crippen LogP contribution in [0.5, 0.6) is 11.5 Å². The highest BCUT2D eigenvalue weighted by molar-refractivity contribution is 5.89. The van der Waals surface area contributed by atoms with Crippen LogP contribution in [-0.4, -0.2) is 27.9 Å². The number of fused-ring (bicyclic) bond motifs is 1. The van der Waals surface area contributed by atoms with Gasteiger partial charge in [0.2, 0.25) is 5.79 Å². The van der Waals surface area contributed by atoms with Crippen molar-refractivity contribution >= 4 is 11.7 Å². The van der Waals surface area contributed by atoms with E-state index in [-0.39, 0.29) is 6.03 Å². The fraction of sp³-hybridized carbons (Fsp3) is 0.412. The van der Waals surface area contributed by atoms with Gasteiger partial charge in [-0.25, -0.2) is 9.78 Å². The summed E-state index contributed by atoms with van der Waals surface area (Å²) in [6.45, 7) is 7.05. The van der Waals surface area contributed by atoms with E-state index in [1.165, 1.54) is 0 Å². The van der Waals surface area contributed by atoms with Crippen molar-refractivity contribution in [2.24, 2.45) is 0 Å². The van der Waals surface area contributed by atoms with Gasteiger partial charge in [-0.3, -0.25) is 0 Å². The first-order valence-corrected chi connectivity index (χ1v) is 7.98. The number of imidazole rings is 1. The molecule has 128 valence electrons. The molecule has 0 fully saturated rings. The molecule has 2 aromatic rings. The molecule has 3 rings (SSSR count). The molecule has 24 heavy (non-hydrogen) atoms. The molecule has 2 heterocycles. The van der Waals surface area contributed by atoms with Gasteiger partial charge in [0.15, 0.2) is 11.5 Å². The van der Waals surface area contributed by atoms with Crippen LogP contribution >= 0.6 is 0 Å². The second kappa shape index (κ2) is 6.43. The lowest BCUT2D eigenvalue weighted by atomic mass is 10.3. The largest absolute Gasteiger partial charge is 0.449 e. The van der Waals surface area contributed by atoms with Crippen LogP contribution in [-0.2, 0) is 6.54 Å². The Morgan fingerprint density at radius 2 is 2.08 bits per heavy atom. The number of ether oxygens (including phenoxy) is 2. The molecule has 0 saturated carbocycles. The Morgan fingerprint density at radius 1 is 1.29 bits per heavy atom. The number of benzene rings is 1. The maximum absolute atomic E-state index is 12.0. The predicted molar refractivity (Wildman–Crippen MR) is 90.4 cm³/mol. The summed E-state index contributed by atoms with van der Waals surface area (Å²) >= 11 is 0. The van der Waals surface area contributed by atoms with Gasteiger partial charge in [0.25, 0.3) is 0 Å². The van der Waals surface area contributed by atoms with Gasteiger partial charge in [0.1, 0.15) is 5.82 Å². The summed E-state index contributed by atoms with van der Waals surface area (Å²) < 4.78 is 13.3. The standard InChI is InChI=1S/C17H22N4O3/c1-12-18-8-10-21(12)9-4-7-19-16(22)20-13-5-6-14-15(11-13)24-17(2,3)23-14/h5-6,8,10-11H,4,7,9H2,1-3H3,(H2,19,20,22). The van der Waals surface area contributed by atoms with Crippen molar-refractivity contribution in [3.05, 3.63) is 36.4 Å². The van der Waals surface area contributed by atoms with Gasteiger partial charge in [-0.2, -0.15) is 0 Å². The fourth-order valence-corrected chi connectivity index (χ4v) is 2.57. The Balaban J connectivity index is 1.45. The lowest BCUT2D eigenvalue weighted by Gasteiger charge is -2.16. The minimum atomic E-state index is -0.672. The number of hydrogen-bond donors (Lipinski definition) is 2. The molecule has 0 spiro atoms. The third-order valence-electron chi connectivity index (χ3n) is 3.70. The number of nitrogens with one attached hydrogen (secondary N) is 2. The van der Waals surface area contributed by atoms with Crippen LogP contribution in [0, 0.1) is 6.92 Å². The first kappa shape index (κ1) is 16.2. The van der Waals surface area contributed by atoms with E-state index in [2.05, 4.69) is 20.2 Å².